The predicted octanol–water partition coefficient (Wildman–Crippen LogP) is 7.28. The Morgan fingerprint density at radius 1 is 1.00 bits per heavy atom. The van der Waals surface area contributed by atoms with Crippen molar-refractivity contribution < 1.29 is 19.1 Å². The van der Waals surface area contributed by atoms with Crippen molar-refractivity contribution in [1.82, 2.24) is 15.1 Å². The average Bonchev–Trinajstić information content (AvgIpc) is 3.73. The first-order valence-electron chi connectivity index (χ1n) is 13.2. The number of amides is 2. The minimum absolute atomic E-state index is 0.0192. The molecular formula is C31H27FN4O3S. The van der Waals surface area contributed by atoms with Gasteiger partial charge in [-0.15, -0.1) is 11.3 Å². The number of anilines is 1. The molecule has 3 N–H and O–H groups in total. The van der Waals surface area contributed by atoms with Gasteiger partial charge in [-0.1, -0.05) is 49.2 Å². The number of phenols is 1. The molecular weight excluding hydrogens is 527 g/mol. The molecule has 0 aliphatic heterocycles. The smallest absolute Gasteiger partial charge is 0.342 e. The largest absolute Gasteiger partial charge is 0.507 e. The number of halogens is 1. The minimum Gasteiger partial charge on any atom is -0.507 e. The lowest BCUT2D eigenvalue weighted by atomic mass is 10.0. The highest BCUT2D eigenvalue weighted by Crippen LogP contribution is 2.38. The van der Waals surface area contributed by atoms with Gasteiger partial charge in [-0.05, 0) is 60.7 Å². The van der Waals surface area contributed by atoms with Gasteiger partial charge in [-0.25, -0.2) is 9.18 Å². The van der Waals surface area contributed by atoms with E-state index in [4.69, 9.17) is 0 Å². The molecule has 1 fully saturated rings. The number of thiophene rings is 1. The van der Waals surface area contributed by atoms with E-state index in [-0.39, 0.29) is 29.9 Å². The van der Waals surface area contributed by atoms with Crippen LogP contribution in [0.4, 0.5) is 14.9 Å². The third-order valence-electron chi connectivity index (χ3n) is 7.27. The minimum atomic E-state index is -0.467. The molecule has 0 radical (unpaired) electrons. The summed E-state index contributed by atoms with van der Waals surface area (Å²) < 4.78 is 16.4. The van der Waals surface area contributed by atoms with Crippen LogP contribution in [0.25, 0.3) is 21.3 Å². The summed E-state index contributed by atoms with van der Waals surface area (Å²) in [6, 6.07) is 22.1. The zero-order chi connectivity index (χ0) is 27.6. The summed E-state index contributed by atoms with van der Waals surface area (Å²) in [5, 5.41) is 22.0. The number of phenolic OH excluding ortho intramolecular Hbond substituents is 1. The Morgan fingerprint density at radius 2 is 1.77 bits per heavy atom. The molecule has 0 bridgehead atoms. The second-order valence-corrected chi connectivity index (χ2v) is 11.0. The summed E-state index contributed by atoms with van der Waals surface area (Å²) in [6.45, 7) is 0.0231. The molecule has 3 aromatic carbocycles. The van der Waals surface area contributed by atoms with Crippen LogP contribution < -0.4 is 10.6 Å². The second kappa shape index (κ2) is 10.9. The summed E-state index contributed by atoms with van der Waals surface area (Å²) >= 11 is 1.41. The Hall–Kier alpha value is -4.50. The summed E-state index contributed by atoms with van der Waals surface area (Å²) in [4.78, 5) is 26.8. The Kier molecular flexibility index (Phi) is 7.04. The molecule has 0 atom stereocenters. The van der Waals surface area contributed by atoms with Crippen LogP contribution >= 0.6 is 11.3 Å². The fraction of sp³-hybridized carbons (Fsp3) is 0.194. The van der Waals surface area contributed by atoms with Gasteiger partial charge < -0.3 is 15.7 Å². The van der Waals surface area contributed by atoms with Crippen molar-refractivity contribution in [2.45, 2.75) is 38.1 Å². The molecule has 0 unspecified atom stereocenters. The van der Waals surface area contributed by atoms with Crippen molar-refractivity contribution in [3.8, 4) is 17.0 Å². The van der Waals surface area contributed by atoms with E-state index in [1.165, 1.54) is 28.2 Å². The molecule has 202 valence electrons. The van der Waals surface area contributed by atoms with Crippen molar-refractivity contribution in [1.29, 1.82) is 0 Å². The summed E-state index contributed by atoms with van der Waals surface area (Å²) in [5.41, 5.74) is 2.44. The Balaban J connectivity index is 1.27. The van der Waals surface area contributed by atoms with E-state index >= 15 is 0 Å². The first kappa shape index (κ1) is 25.8. The third kappa shape index (κ3) is 5.20. The number of hydrogen-bond acceptors (Lipinski definition) is 5. The number of benzene rings is 3. The van der Waals surface area contributed by atoms with Gasteiger partial charge in [0.05, 0.1) is 16.3 Å². The van der Waals surface area contributed by atoms with Gasteiger partial charge >= 0.3 is 6.03 Å². The molecule has 40 heavy (non-hydrogen) atoms. The van der Waals surface area contributed by atoms with Crippen molar-refractivity contribution in [2.24, 2.45) is 0 Å². The molecule has 1 aliphatic carbocycles. The van der Waals surface area contributed by atoms with Gasteiger partial charge in [0.1, 0.15) is 11.6 Å². The lowest BCUT2D eigenvalue weighted by molar-refractivity contribution is 0.103. The maximum absolute atomic E-state index is 14.1. The molecule has 5 aromatic rings. The molecule has 9 heteroatoms. The standard InChI is InChI=1S/C31H27FN4O3S/c32-24-11-5-3-10-21(24)18-33-31(39)36-26(19-7-1-2-8-19)17-25(35-36)23-16-22(13-14-27(23)37)34-30(38)29-15-20-9-4-6-12-28(20)40-29/h3-6,9-17,19,37H,1-2,7-8,18H2,(H,33,39)(H,34,38). The lowest BCUT2D eigenvalue weighted by Crippen LogP contribution is -2.31. The molecule has 2 heterocycles. The number of hydrogen-bond donors (Lipinski definition) is 3. The van der Waals surface area contributed by atoms with Gasteiger partial charge in [0, 0.05) is 34.0 Å². The monoisotopic (exact) mass is 554 g/mol. The molecule has 2 aromatic heterocycles. The molecule has 2 amide bonds. The van der Waals surface area contributed by atoms with Crippen LogP contribution in [-0.2, 0) is 6.54 Å². The highest BCUT2D eigenvalue weighted by molar-refractivity contribution is 7.20. The lowest BCUT2D eigenvalue weighted by Gasteiger charge is -2.12. The average molecular weight is 555 g/mol. The van der Waals surface area contributed by atoms with Crippen molar-refractivity contribution in [3.63, 3.8) is 0 Å². The maximum Gasteiger partial charge on any atom is 0.342 e. The number of carbonyl (C=O) groups is 2. The summed E-state index contributed by atoms with van der Waals surface area (Å²) in [7, 11) is 0. The number of nitrogens with zero attached hydrogens (tertiary/aromatic N) is 2. The first-order valence-corrected chi connectivity index (χ1v) is 14.0. The fourth-order valence-corrected chi connectivity index (χ4v) is 6.15. The zero-order valence-electron chi connectivity index (χ0n) is 21.6. The van der Waals surface area contributed by atoms with Crippen molar-refractivity contribution >= 4 is 39.0 Å². The molecule has 1 aliphatic rings. The molecule has 1 saturated carbocycles. The Bertz CT molecular complexity index is 1690. The van der Waals surface area contributed by atoms with Crippen LogP contribution in [0.5, 0.6) is 5.75 Å². The van der Waals surface area contributed by atoms with Gasteiger partial charge in [-0.3, -0.25) is 4.79 Å². The number of aromatic nitrogens is 2. The molecule has 0 spiro atoms. The topological polar surface area (TPSA) is 96.2 Å². The molecule has 7 nitrogen and oxygen atoms in total. The van der Waals surface area contributed by atoms with Gasteiger partial charge in [0.15, 0.2) is 0 Å². The predicted molar refractivity (Wildman–Crippen MR) is 154 cm³/mol. The van der Waals surface area contributed by atoms with E-state index in [1.54, 1.807) is 30.3 Å². The number of fused-ring (bicyclic) bond motifs is 1. The van der Waals surface area contributed by atoms with E-state index in [2.05, 4.69) is 15.7 Å². The van der Waals surface area contributed by atoms with Crippen molar-refractivity contribution in [3.05, 3.63) is 101 Å². The number of carbonyl (C=O) groups excluding carboxylic acids is 2. The van der Waals surface area contributed by atoms with E-state index in [0.717, 1.165) is 41.5 Å². The maximum atomic E-state index is 14.1. The van der Waals surface area contributed by atoms with E-state index < -0.39 is 6.03 Å². The fourth-order valence-electron chi connectivity index (χ4n) is 5.20. The zero-order valence-corrected chi connectivity index (χ0v) is 22.4. The quantitative estimate of drug-likeness (QED) is 0.192. The number of aromatic hydroxyl groups is 1. The van der Waals surface area contributed by atoms with Crippen LogP contribution in [-0.4, -0.2) is 26.8 Å². The number of nitrogens with one attached hydrogen (secondary N) is 2. The van der Waals surface area contributed by atoms with Crippen LogP contribution in [0.2, 0.25) is 0 Å². The Morgan fingerprint density at radius 3 is 2.58 bits per heavy atom. The summed E-state index contributed by atoms with van der Waals surface area (Å²) in [6.07, 6.45) is 3.99. The number of rotatable bonds is 6. The molecule has 6 rings (SSSR count). The highest BCUT2D eigenvalue weighted by Gasteiger charge is 2.26. The molecule has 0 saturated heterocycles. The highest BCUT2D eigenvalue weighted by atomic mass is 32.1. The van der Waals surface area contributed by atoms with E-state index in [9.17, 15) is 19.1 Å². The Labute approximate surface area is 234 Å². The third-order valence-corrected chi connectivity index (χ3v) is 8.39. The first-order chi connectivity index (χ1) is 19.5. The van der Waals surface area contributed by atoms with Crippen LogP contribution in [0.15, 0.2) is 78.9 Å². The van der Waals surface area contributed by atoms with Crippen molar-refractivity contribution in [2.75, 3.05) is 5.32 Å². The van der Waals surface area contributed by atoms with Gasteiger partial charge in [0.2, 0.25) is 0 Å². The second-order valence-electron chi connectivity index (χ2n) is 9.93. The van der Waals surface area contributed by atoms with Crippen LogP contribution in [0.3, 0.4) is 0 Å². The van der Waals surface area contributed by atoms with E-state index in [0.29, 0.717) is 27.4 Å². The normalized spacial score (nSPS) is 13.5. The van der Waals surface area contributed by atoms with Crippen LogP contribution in [0, 0.1) is 5.82 Å². The van der Waals surface area contributed by atoms with Gasteiger partial charge in [0.25, 0.3) is 5.91 Å². The summed E-state index contributed by atoms with van der Waals surface area (Å²) in [5.74, 6) is -0.505. The van der Waals surface area contributed by atoms with Gasteiger partial charge in [-0.2, -0.15) is 9.78 Å². The van der Waals surface area contributed by atoms with E-state index in [1.807, 2.05) is 36.4 Å². The van der Waals surface area contributed by atoms with Crippen LogP contribution in [0.1, 0.15) is 52.5 Å². The SMILES string of the molecule is O=C(Nc1ccc(O)c(-c2cc(C3CCCC3)n(C(=O)NCc3ccccc3F)n2)c1)c1cc2ccccc2s1.